The van der Waals surface area contributed by atoms with Gasteiger partial charge in [0.15, 0.2) is 23.4 Å². The van der Waals surface area contributed by atoms with Crippen molar-refractivity contribution >= 4 is 11.7 Å². The number of Topliss-reactive ketones (excluding diaryl/α,β-unsaturated/α-hetero) is 1. The largest absolute Gasteiger partial charge is 0.486 e. The molecule has 0 aromatic heterocycles. The number of likely N-dealkylation sites (N-methyl/N-ethyl adjacent to an activating group) is 1. The number of fused-ring (bicyclic) bond motifs is 1. The van der Waals surface area contributed by atoms with Crippen LogP contribution in [0.3, 0.4) is 0 Å². The highest BCUT2D eigenvalue weighted by Gasteiger charge is 2.23. The molecule has 1 unspecified atom stereocenters. The zero-order valence-corrected chi connectivity index (χ0v) is 15.1. The Morgan fingerprint density at radius 2 is 1.73 bits per heavy atom. The Morgan fingerprint density at radius 3 is 2.46 bits per heavy atom. The molecule has 0 bridgehead atoms. The standard InChI is InChI=1S/C21H23NO4/c1-15-7-9-16(10-8-15)18(23)11-12-21(24)22(2)13-17-14-25-19-5-3-4-6-20(19)26-17/h3-10,17H,11-14H2,1-2H3. The predicted molar refractivity (Wildman–Crippen MR) is 98.7 cm³/mol. The quantitative estimate of drug-likeness (QED) is 0.748. The van der Waals surface area contributed by atoms with E-state index in [-0.39, 0.29) is 30.6 Å². The number of amides is 1. The molecule has 2 aromatic rings. The molecule has 1 amide bonds. The third-order valence-corrected chi connectivity index (χ3v) is 4.41. The first-order valence-corrected chi connectivity index (χ1v) is 8.75. The van der Waals surface area contributed by atoms with Crippen LogP contribution in [0.5, 0.6) is 11.5 Å². The summed E-state index contributed by atoms with van der Waals surface area (Å²) in [4.78, 5) is 26.1. The van der Waals surface area contributed by atoms with E-state index in [4.69, 9.17) is 9.47 Å². The maximum atomic E-state index is 12.3. The van der Waals surface area contributed by atoms with Crippen molar-refractivity contribution in [3.8, 4) is 11.5 Å². The molecule has 5 heteroatoms. The van der Waals surface area contributed by atoms with Crippen LogP contribution < -0.4 is 9.47 Å². The van der Waals surface area contributed by atoms with Crippen LogP contribution in [0.2, 0.25) is 0 Å². The molecule has 1 heterocycles. The summed E-state index contributed by atoms with van der Waals surface area (Å²) in [5.74, 6) is 1.33. The molecule has 0 saturated heterocycles. The van der Waals surface area contributed by atoms with E-state index in [9.17, 15) is 9.59 Å². The van der Waals surface area contributed by atoms with E-state index in [1.165, 1.54) is 0 Å². The number of ether oxygens (including phenoxy) is 2. The molecule has 136 valence electrons. The van der Waals surface area contributed by atoms with Gasteiger partial charge in [0.2, 0.25) is 5.91 Å². The molecule has 0 radical (unpaired) electrons. The Morgan fingerprint density at radius 1 is 1.04 bits per heavy atom. The molecule has 0 fully saturated rings. The van der Waals surface area contributed by atoms with Gasteiger partial charge in [-0.2, -0.15) is 0 Å². The van der Waals surface area contributed by atoms with Gasteiger partial charge in [-0.1, -0.05) is 42.0 Å². The fraction of sp³-hybridized carbons (Fsp3) is 0.333. The number of rotatable bonds is 6. The van der Waals surface area contributed by atoms with Crippen LogP contribution in [0.25, 0.3) is 0 Å². The van der Waals surface area contributed by atoms with Crippen LogP contribution in [0, 0.1) is 6.92 Å². The number of aryl methyl sites for hydroxylation is 1. The van der Waals surface area contributed by atoms with E-state index in [0.29, 0.717) is 24.5 Å². The lowest BCUT2D eigenvalue weighted by Crippen LogP contribution is -2.41. The minimum Gasteiger partial charge on any atom is -0.486 e. The van der Waals surface area contributed by atoms with Crippen LogP contribution in [0.15, 0.2) is 48.5 Å². The van der Waals surface area contributed by atoms with Gasteiger partial charge >= 0.3 is 0 Å². The summed E-state index contributed by atoms with van der Waals surface area (Å²) in [5.41, 5.74) is 1.75. The Balaban J connectivity index is 1.47. The number of benzene rings is 2. The van der Waals surface area contributed by atoms with Gasteiger partial charge in [0.1, 0.15) is 6.61 Å². The number of carbonyl (C=O) groups is 2. The first kappa shape index (κ1) is 18.0. The molecular weight excluding hydrogens is 330 g/mol. The van der Waals surface area contributed by atoms with Crippen molar-refractivity contribution < 1.29 is 19.1 Å². The number of carbonyl (C=O) groups excluding carboxylic acids is 2. The van der Waals surface area contributed by atoms with Gasteiger partial charge in [0.05, 0.1) is 6.54 Å². The lowest BCUT2D eigenvalue weighted by atomic mass is 10.0. The average Bonchev–Trinajstić information content (AvgIpc) is 2.66. The van der Waals surface area contributed by atoms with Gasteiger partial charge in [-0.15, -0.1) is 0 Å². The van der Waals surface area contributed by atoms with Crippen molar-refractivity contribution in [1.82, 2.24) is 4.90 Å². The molecule has 1 aliphatic rings. The second-order valence-electron chi connectivity index (χ2n) is 6.56. The van der Waals surface area contributed by atoms with Gasteiger partial charge < -0.3 is 14.4 Å². The molecule has 0 N–H and O–H groups in total. The van der Waals surface area contributed by atoms with Crippen LogP contribution in [-0.2, 0) is 4.79 Å². The van der Waals surface area contributed by atoms with Crippen LogP contribution in [0.4, 0.5) is 0 Å². The Kier molecular flexibility index (Phi) is 5.56. The van der Waals surface area contributed by atoms with E-state index in [0.717, 1.165) is 11.3 Å². The van der Waals surface area contributed by atoms with Gasteiger partial charge in [0.25, 0.3) is 0 Å². The SMILES string of the molecule is Cc1ccc(C(=O)CCC(=O)N(C)CC2COc3ccccc3O2)cc1. The van der Waals surface area contributed by atoms with Crippen molar-refractivity contribution in [2.24, 2.45) is 0 Å². The fourth-order valence-corrected chi connectivity index (χ4v) is 2.86. The van der Waals surface area contributed by atoms with Crippen LogP contribution in [0.1, 0.15) is 28.8 Å². The lowest BCUT2D eigenvalue weighted by Gasteiger charge is -2.29. The number of hydrogen-bond acceptors (Lipinski definition) is 4. The van der Waals surface area contributed by atoms with Crippen LogP contribution >= 0.6 is 0 Å². The molecule has 0 aliphatic carbocycles. The summed E-state index contributed by atoms with van der Waals surface area (Å²) in [6, 6.07) is 14.9. The Hall–Kier alpha value is -2.82. The van der Waals surface area contributed by atoms with E-state index < -0.39 is 0 Å². The van der Waals surface area contributed by atoms with Gasteiger partial charge in [-0.3, -0.25) is 9.59 Å². The fourth-order valence-electron chi connectivity index (χ4n) is 2.86. The molecule has 26 heavy (non-hydrogen) atoms. The molecule has 3 rings (SSSR count). The molecule has 1 aliphatic heterocycles. The number of nitrogens with zero attached hydrogens (tertiary/aromatic N) is 1. The second kappa shape index (κ2) is 8.04. The Labute approximate surface area is 153 Å². The topological polar surface area (TPSA) is 55.8 Å². The number of para-hydroxylation sites is 2. The van der Waals surface area contributed by atoms with Crippen molar-refractivity contribution in [2.75, 3.05) is 20.2 Å². The molecule has 1 atom stereocenters. The summed E-state index contributed by atoms with van der Waals surface area (Å²) in [7, 11) is 1.72. The van der Waals surface area contributed by atoms with E-state index in [1.54, 1.807) is 24.1 Å². The predicted octanol–water partition coefficient (Wildman–Crippen LogP) is 3.26. The molecule has 2 aromatic carbocycles. The zero-order valence-electron chi connectivity index (χ0n) is 15.1. The van der Waals surface area contributed by atoms with E-state index in [2.05, 4.69) is 0 Å². The normalized spacial score (nSPS) is 15.4. The van der Waals surface area contributed by atoms with Crippen LogP contribution in [-0.4, -0.2) is 42.9 Å². The monoisotopic (exact) mass is 353 g/mol. The van der Waals surface area contributed by atoms with Crippen molar-refractivity contribution in [1.29, 1.82) is 0 Å². The van der Waals surface area contributed by atoms with Crippen molar-refractivity contribution in [3.05, 3.63) is 59.7 Å². The smallest absolute Gasteiger partial charge is 0.222 e. The minimum absolute atomic E-state index is 0.0158. The van der Waals surface area contributed by atoms with Crippen molar-refractivity contribution in [2.45, 2.75) is 25.9 Å². The van der Waals surface area contributed by atoms with E-state index in [1.807, 2.05) is 43.3 Å². The van der Waals surface area contributed by atoms with Gasteiger partial charge in [-0.05, 0) is 19.1 Å². The Bertz CT molecular complexity index is 785. The zero-order chi connectivity index (χ0) is 18.5. The minimum atomic E-state index is -0.216. The third kappa shape index (κ3) is 4.42. The van der Waals surface area contributed by atoms with Gasteiger partial charge in [0, 0.05) is 25.5 Å². The highest BCUT2D eigenvalue weighted by molar-refractivity contribution is 5.97. The maximum absolute atomic E-state index is 12.3. The number of ketones is 1. The summed E-state index contributed by atoms with van der Waals surface area (Å²) in [5, 5.41) is 0. The maximum Gasteiger partial charge on any atom is 0.222 e. The molecular formula is C21H23NO4. The number of hydrogen-bond donors (Lipinski definition) is 0. The summed E-state index contributed by atoms with van der Waals surface area (Å²) in [6.45, 7) is 2.80. The van der Waals surface area contributed by atoms with Gasteiger partial charge in [-0.25, -0.2) is 0 Å². The average molecular weight is 353 g/mol. The van der Waals surface area contributed by atoms with Crippen molar-refractivity contribution in [3.63, 3.8) is 0 Å². The first-order valence-electron chi connectivity index (χ1n) is 8.75. The third-order valence-electron chi connectivity index (χ3n) is 4.41. The summed E-state index contributed by atoms with van der Waals surface area (Å²) < 4.78 is 11.5. The lowest BCUT2D eigenvalue weighted by molar-refractivity contribution is -0.131. The second-order valence-corrected chi connectivity index (χ2v) is 6.56. The van der Waals surface area contributed by atoms with E-state index >= 15 is 0 Å². The first-order chi connectivity index (χ1) is 12.5. The highest BCUT2D eigenvalue weighted by atomic mass is 16.6. The highest BCUT2D eigenvalue weighted by Crippen LogP contribution is 2.30. The molecule has 5 nitrogen and oxygen atoms in total. The summed E-state index contributed by atoms with van der Waals surface area (Å²) in [6.07, 6.45) is 0.177. The summed E-state index contributed by atoms with van der Waals surface area (Å²) >= 11 is 0. The molecule has 0 spiro atoms. The molecule has 0 saturated carbocycles.